The van der Waals surface area contributed by atoms with E-state index in [0.29, 0.717) is 0 Å². The van der Waals surface area contributed by atoms with Crippen LogP contribution in [0.4, 0.5) is 0 Å². The van der Waals surface area contributed by atoms with Crippen molar-refractivity contribution in [3.8, 4) is 0 Å². The summed E-state index contributed by atoms with van der Waals surface area (Å²) in [6, 6.07) is 0.885. The first-order valence-corrected chi connectivity index (χ1v) is 5.33. The van der Waals surface area contributed by atoms with Crippen LogP contribution in [0.5, 0.6) is 0 Å². The van der Waals surface area contributed by atoms with Crippen LogP contribution < -0.4 is 0 Å². The first-order valence-electron chi connectivity index (χ1n) is 3.40. The molecule has 0 aliphatic carbocycles. The smallest absolute Gasteiger partial charge is 0.412 e. The van der Waals surface area contributed by atoms with E-state index in [9.17, 15) is 0 Å². The van der Waals surface area contributed by atoms with E-state index in [1.54, 1.807) is 21.3 Å². The molecule has 11 heavy (non-hydrogen) atoms. The second-order valence-corrected chi connectivity index (χ2v) is 5.14. The van der Waals surface area contributed by atoms with Gasteiger partial charge < -0.3 is 18.8 Å². The van der Waals surface area contributed by atoms with Gasteiger partial charge in [-0.25, -0.2) is 0 Å². The van der Waals surface area contributed by atoms with Crippen molar-refractivity contribution in [1.82, 2.24) is 0 Å². The molecular formula is C6H18O4Si. The molecular weight excluding hydrogens is 164 g/mol. The van der Waals surface area contributed by atoms with E-state index in [1.807, 2.05) is 0 Å². The van der Waals surface area contributed by atoms with E-state index >= 15 is 0 Å². The van der Waals surface area contributed by atoms with Crippen LogP contribution >= 0.6 is 0 Å². The molecule has 0 amide bonds. The molecule has 0 aliphatic rings. The van der Waals surface area contributed by atoms with Crippen molar-refractivity contribution < 1.29 is 18.8 Å². The Morgan fingerprint density at radius 1 is 1.00 bits per heavy atom. The van der Waals surface area contributed by atoms with Crippen LogP contribution in [0.1, 0.15) is 13.3 Å². The first kappa shape index (κ1) is 13.6. The van der Waals surface area contributed by atoms with Crippen molar-refractivity contribution in [2.24, 2.45) is 0 Å². The third-order valence-electron chi connectivity index (χ3n) is 1.49. The SMILES string of the molecule is CCC[Si](OC)(OC)OC.O. The van der Waals surface area contributed by atoms with Crippen molar-refractivity contribution in [2.75, 3.05) is 21.3 Å². The van der Waals surface area contributed by atoms with Crippen LogP contribution in [0.3, 0.4) is 0 Å². The van der Waals surface area contributed by atoms with Gasteiger partial charge in [0.1, 0.15) is 0 Å². The summed E-state index contributed by atoms with van der Waals surface area (Å²) < 4.78 is 15.5. The van der Waals surface area contributed by atoms with Crippen molar-refractivity contribution in [3.63, 3.8) is 0 Å². The van der Waals surface area contributed by atoms with Crippen molar-refractivity contribution in [1.29, 1.82) is 0 Å². The fraction of sp³-hybridized carbons (Fsp3) is 1.00. The molecule has 0 saturated carbocycles. The summed E-state index contributed by atoms with van der Waals surface area (Å²) in [6.07, 6.45) is 1.03. The Hall–Kier alpha value is 0.0569. The molecule has 2 N–H and O–H groups in total. The predicted molar refractivity (Wildman–Crippen MR) is 45.5 cm³/mol. The van der Waals surface area contributed by atoms with Gasteiger partial charge in [-0.05, 0) is 0 Å². The van der Waals surface area contributed by atoms with Gasteiger partial charge in [0.05, 0.1) is 0 Å². The average Bonchev–Trinajstić information content (AvgIpc) is 2.01. The molecule has 0 aromatic carbocycles. The molecule has 0 atom stereocenters. The summed E-state index contributed by atoms with van der Waals surface area (Å²) in [5.41, 5.74) is 0. The first-order chi connectivity index (χ1) is 4.74. The van der Waals surface area contributed by atoms with Gasteiger partial charge in [0, 0.05) is 27.4 Å². The molecule has 0 fully saturated rings. The number of hydrogen-bond acceptors (Lipinski definition) is 3. The Kier molecular flexibility index (Phi) is 8.36. The number of hydrogen-bond donors (Lipinski definition) is 0. The molecule has 0 unspecified atom stereocenters. The van der Waals surface area contributed by atoms with E-state index < -0.39 is 8.80 Å². The lowest BCUT2D eigenvalue weighted by Crippen LogP contribution is -2.42. The molecule has 0 saturated heterocycles. The zero-order valence-electron chi connectivity index (χ0n) is 7.64. The molecule has 0 radical (unpaired) electrons. The minimum atomic E-state index is -2.22. The Bertz CT molecular complexity index is 76.4. The Morgan fingerprint density at radius 3 is 1.45 bits per heavy atom. The molecule has 5 heteroatoms. The zero-order valence-corrected chi connectivity index (χ0v) is 8.64. The second-order valence-electron chi connectivity index (χ2n) is 2.05. The van der Waals surface area contributed by atoms with Gasteiger partial charge in [0.25, 0.3) is 0 Å². The van der Waals surface area contributed by atoms with Gasteiger partial charge >= 0.3 is 8.80 Å². The molecule has 0 rings (SSSR count). The van der Waals surface area contributed by atoms with Crippen LogP contribution in [0.2, 0.25) is 6.04 Å². The fourth-order valence-corrected chi connectivity index (χ4v) is 2.59. The summed E-state index contributed by atoms with van der Waals surface area (Å²) in [4.78, 5) is 0. The van der Waals surface area contributed by atoms with Crippen LogP contribution in [-0.4, -0.2) is 35.6 Å². The highest BCUT2D eigenvalue weighted by molar-refractivity contribution is 6.60. The van der Waals surface area contributed by atoms with E-state index in [2.05, 4.69) is 6.92 Å². The van der Waals surface area contributed by atoms with Gasteiger partial charge in [-0.15, -0.1) is 0 Å². The predicted octanol–water partition coefficient (Wildman–Crippen LogP) is 0.450. The maximum atomic E-state index is 5.17. The zero-order chi connectivity index (χ0) is 8.04. The van der Waals surface area contributed by atoms with Crippen molar-refractivity contribution in [2.45, 2.75) is 19.4 Å². The highest BCUT2D eigenvalue weighted by atomic mass is 28.4. The molecule has 0 bridgehead atoms. The standard InChI is InChI=1S/C6H16O3Si.H2O/c1-5-6-10(7-2,8-3)9-4;/h5-6H2,1-4H3;1H2. The third kappa shape index (κ3) is 3.83. The molecule has 4 nitrogen and oxygen atoms in total. The van der Waals surface area contributed by atoms with Gasteiger partial charge in [-0.3, -0.25) is 0 Å². The molecule has 0 spiro atoms. The van der Waals surface area contributed by atoms with E-state index in [1.165, 1.54) is 0 Å². The van der Waals surface area contributed by atoms with Gasteiger partial charge in [-0.1, -0.05) is 13.3 Å². The van der Waals surface area contributed by atoms with Gasteiger partial charge in [0.2, 0.25) is 0 Å². The molecule has 0 heterocycles. The highest BCUT2D eigenvalue weighted by Gasteiger charge is 2.36. The van der Waals surface area contributed by atoms with Crippen LogP contribution in [-0.2, 0) is 13.3 Å². The maximum absolute atomic E-state index is 5.17. The second kappa shape index (κ2) is 6.75. The monoisotopic (exact) mass is 182 g/mol. The number of rotatable bonds is 5. The molecule has 0 aromatic rings. The quantitative estimate of drug-likeness (QED) is 0.580. The lowest BCUT2D eigenvalue weighted by atomic mass is 10.6. The maximum Gasteiger partial charge on any atom is 0.500 e. The van der Waals surface area contributed by atoms with E-state index in [-0.39, 0.29) is 5.48 Å². The topological polar surface area (TPSA) is 59.2 Å². The fourth-order valence-electron chi connectivity index (χ4n) is 0.862. The van der Waals surface area contributed by atoms with Crippen LogP contribution in [0, 0.1) is 0 Å². The Morgan fingerprint density at radius 2 is 1.36 bits per heavy atom. The van der Waals surface area contributed by atoms with Crippen molar-refractivity contribution >= 4 is 8.80 Å². The van der Waals surface area contributed by atoms with Crippen molar-refractivity contribution in [3.05, 3.63) is 0 Å². The van der Waals surface area contributed by atoms with E-state index in [4.69, 9.17) is 13.3 Å². The third-order valence-corrected chi connectivity index (χ3v) is 4.47. The van der Waals surface area contributed by atoms with Crippen LogP contribution in [0.25, 0.3) is 0 Å². The minimum Gasteiger partial charge on any atom is -0.412 e. The Balaban J connectivity index is 0. The van der Waals surface area contributed by atoms with Crippen LogP contribution in [0.15, 0.2) is 0 Å². The summed E-state index contributed by atoms with van der Waals surface area (Å²) in [6.45, 7) is 2.08. The Labute approximate surface area is 69.1 Å². The summed E-state index contributed by atoms with van der Waals surface area (Å²) in [7, 11) is 2.68. The van der Waals surface area contributed by atoms with Gasteiger partial charge in [0.15, 0.2) is 0 Å². The average molecular weight is 182 g/mol. The molecule has 0 aliphatic heterocycles. The summed E-state index contributed by atoms with van der Waals surface area (Å²) in [5.74, 6) is 0. The summed E-state index contributed by atoms with van der Waals surface area (Å²) in [5, 5.41) is 0. The lowest BCUT2D eigenvalue weighted by Gasteiger charge is -2.23. The minimum absolute atomic E-state index is 0. The lowest BCUT2D eigenvalue weighted by molar-refractivity contribution is 0.123. The van der Waals surface area contributed by atoms with Gasteiger partial charge in [-0.2, -0.15) is 0 Å². The highest BCUT2D eigenvalue weighted by Crippen LogP contribution is 2.13. The van der Waals surface area contributed by atoms with E-state index in [0.717, 1.165) is 12.5 Å². The normalized spacial score (nSPS) is 10.9. The summed E-state index contributed by atoms with van der Waals surface area (Å²) >= 11 is 0. The largest absolute Gasteiger partial charge is 0.500 e. The molecule has 0 aromatic heterocycles. The molecule has 70 valence electrons.